The van der Waals surface area contributed by atoms with Crippen LogP contribution in [0, 0.1) is 17.8 Å². The van der Waals surface area contributed by atoms with Crippen molar-refractivity contribution in [1.82, 2.24) is 0 Å². The number of hydrogen-bond acceptors (Lipinski definition) is 4. The maximum atomic E-state index is 10.8. The molecule has 0 aromatic heterocycles. The summed E-state index contributed by atoms with van der Waals surface area (Å²) in [6.07, 6.45) is 3.55. The second-order valence-corrected chi connectivity index (χ2v) is 6.60. The lowest BCUT2D eigenvalue weighted by atomic mass is 9.47. The molecule has 4 fully saturated rings. The van der Waals surface area contributed by atoms with E-state index < -0.39 is 17.3 Å². The molecule has 0 spiro atoms. The molecule has 4 aliphatic carbocycles. The van der Waals surface area contributed by atoms with E-state index in [-0.39, 0.29) is 24.9 Å². The van der Waals surface area contributed by atoms with Crippen LogP contribution in [0.5, 0.6) is 0 Å². The van der Waals surface area contributed by atoms with Crippen molar-refractivity contribution in [2.75, 3.05) is 6.61 Å². The molecule has 4 saturated carbocycles. The summed E-state index contributed by atoms with van der Waals surface area (Å²) in [5.41, 5.74) is -1.43. The Kier molecular flexibility index (Phi) is 2.57. The molecule has 0 heterocycles. The Morgan fingerprint density at radius 1 is 1.06 bits per heavy atom. The van der Waals surface area contributed by atoms with Crippen molar-refractivity contribution >= 4 is 0 Å². The van der Waals surface area contributed by atoms with E-state index in [1.807, 2.05) is 0 Å². The largest absolute Gasteiger partial charge is 0.394 e. The lowest BCUT2D eigenvalue weighted by molar-refractivity contribution is -0.236. The van der Waals surface area contributed by atoms with Gasteiger partial charge in [0, 0.05) is 6.42 Å². The summed E-state index contributed by atoms with van der Waals surface area (Å²) in [6.45, 7) is -0.296. The molecule has 4 heteroatoms. The summed E-state index contributed by atoms with van der Waals surface area (Å²) < 4.78 is 0. The number of hydrogen-bond donors (Lipinski definition) is 4. The van der Waals surface area contributed by atoms with Crippen molar-refractivity contribution in [2.24, 2.45) is 17.8 Å². The van der Waals surface area contributed by atoms with Crippen molar-refractivity contribution in [3.8, 4) is 0 Å². The minimum absolute atomic E-state index is 0.0972. The van der Waals surface area contributed by atoms with Crippen LogP contribution >= 0.6 is 0 Å². The molecule has 17 heavy (non-hydrogen) atoms. The molecular weight excluding hydrogens is 220 g/mol. The highest BCUT2D eigenvalue weighted by molar-refractivity contribution is 5.12. The molecule has 0 aliphatic heterocycles. The summed E-state index contributed by atoms with van der Waals surface area (Å²) in [5, 5.41) is 39.8. The van der Waals surface area contributed by atoms with E-state index in [9.17, 15) is 15.3 Å². The highest BCUT2D eigenvalue weighted by Gasteiger charge is 2.61. The molecule has 4 nitrogen and oxygen atoms in total. The Bertz CT molecular complexity index is 301. The first-order chi connectivity index (χ1) is 7.95. The third-order valence-corrected chi connectivity index (χ3v) is 5.34. The number of aliphatic hydroxyl groups is 4. The monoisotopic (exact) mass is 242 g/mol. The number of rotatable bonds is 3. The van der Waals surface area contributed by atoms with Crippen molar-refractivity contribution in [3.63, 3.8) is 0 Å². The lowest BCUT2D eigenvalue weighted by Crippen LogP contribution is -2.64. The van der Waals surface area contributed by atoms with Gasteiger partial charge in [0.05, 0.1) is 23.9 Å². The SMILES string of the molecule is OCC(O)CC1(O)C2CC3CC1CC(O)(C3)C2. The van der Waals surface area contributed by atoms with Crippen LogP contribution in [-0.2, 0) is 0 Å². The fourth-order valence-corrected chi connectivity index (χ4v) is 4.81. The molecule has 0 amide bonds. The molecule has 4 N–H and O–H groups in total. The smallest absolute Gasteiger partial charge is 0.0798 e. The molecule has 0 radical (unpaired) electrons. The number of aliphatic hydroxyl groups excluding tert-OH is 2. The Hall–Kier alpha value is -0.160. The van der Waals surface area contributed by atoms with Crippen LogP contribution in [0.4, 0.5) is 0 Å². The average Bonchev–Trinajstić information content (AvgIpc) is 2.24. The Morgan fingerprint density at radius 3 is 2.12 bits per heavy atom. The van der Waals surface area contributed by atoms with E-state index in [0.717, 1.165) is 19.3 Å². The van der Waals surface area contributed by atoms with Gasteiger partial charge in [-0.15, -0.1) is 0 Å². The van der Waals surface area contributed by atoms with E-state index in [2.05, 4.69) is 0 Å². The molecule has 0 aromatic carbocycles. The van der Waals surface area contributed by atoms with Gasteiger partial charge < -0.3 is 20.4 Å². The van der Waals surface area contributed by atoms with Gasteiger partial charge in [0.2, 0.25) is 0 Å². The first-order valence-electron chi connectivity index (χ1n) is 6.69. The summed E-state index contributed by atoms with van der Waals surface area (Å²) in [7, 11) is 0. The lowest BCUT2D eigenvalue weighted by Gasteiger charge is -2.62. The molecule has 98 valence electrons. The van der Waals surface area contributed by atoms with E-state index in [4.69, 9.17) is 5.11 Å². The first-order valence-corrected chi connectivity index (χ1v) is 6.69. The van der Waals surface area contributed by atoms with Gasteiger partial charge in [-0.3, -0.25) is 0 Å². The van der Waals surface area contributed by atoms with Gasteiger partial charge in [-0.05, 0) is 49.9 Å². The predicted octanol–water partition coefficient (Wildman–Crippen LogP) is 0.0318. The molecule has 4 bridgehead atoms. The molecule has 3 atom stereocenters. The Labute approximate surface area is 101 Å². The summed E-state index contributed by atoms with van der Waals surface area (Å²) in [4.78, 5) is 0. The maximum absolute atomic E-state index is 10.8. The topological polar surface area (TPSA) is 80.9 Å². The van der Waals surface area contributed by atoms with Crippen LogP contribution in [0.2, 0.25) is 0 Å². The van der Waals surface area contributed by atoms with Gasteiger partial charge in [0.25, 0.3) is 0 Å². The standard InChI is InChI=1S/C13H22O4/c14-7-11(15)6-13(17)9-1-8-2-10(13)5-12(16,3-8)4-9/h8-11,14-17H,1-7H2. The second kappa shape index (κ2) is 3.67. The van der Waals surface area contributed by atoms with Crippen LogP contribution in [0.15, 0.2) is 0 Å². The van der Waals surface area contributed by atoms with E-state index in [1.165, 1.54) is 0 Å². The van der Waals surface area contributed by atoms with E-state index in [1.54, 1.807) is 0 Å². The zero-order chi connectivity index (χ0) is 12.3. The normalized spacial score (nSPS) is 54.0. The van der Waals surface area contributed by atoms with Crippen LogP contribution in [0.25, 0.3) is 0 Å². The van der Waals surface area contributed by atoms with E-state index in [0.29, 0.717) is 18.8 Å². The molecular formula is C13H22O4. The Balaban J connectivity index is 1.83. The minimum Gasteiger partial charge on any atom is -0.394 e. The van der Waals surface area contributed by atoms with Crippen LogP contribution in [0.1, 0.15) is 38.5 Å². The van der Waals surface area contributed by atoms with Gasteiger partial charge in [-0.2, -0.15) is 0 Å². The third kappa shape index (κ3) is 1.73. The average molecular weight is 242 g/mol. The minimum atomic E-state index is -0.870. The van der Waals surface area contributed by atoms with Gasteiger partial charge in [-0.25, -0.2) is 0 Å². The van der Waals surface area contributed by atoms with Crippen molar-refractivity contribution in [3.05, 3.63) is 0 Å². The predicted molar refractivity (Wildman–Crippen MR) is 61.2 cm³/mol. The van der Waals surface area contributed by atoms with Crippen molar-refractivity contribution in [1.29, 1.82) is 0 Å². The van der Waals surface area contributed by atoms with Crippen LogP contribution < -0.4 is 0 Å². The quantitative estimate of drug-likeness (QED) is 0.563. The van der Waals surface area contributed by atoms with Crippen LogP contribution in [-0.4, -0.2) is 44.3 Å². The molecule has 0 saturated heterocycles. The van der Waals surface area contributed by atoms with Gasteiger partial charge in [0.1, 0.15) is 0 Å². The highest BCUT2D eigenvalue weighted by atomic mass is 16.3. The highest BCUT2D eigenvalue weighted by Crippen LogP contribution is 2.60. The molecule has 3 unspecified atom stereocenters. The first kappa shape index (κ1) is 11.9. The summed E-state index contributed by atoms with van der Waals surface area (Å²) in [6, 6.07) is 0. The summed E-state index contributed by atoms with van der Waals surface area (Å²) >= 11 is 0. The zero-order valence-electron chi connectivity index (χ0n) is 10.0. The van der Waals surface area contributed by atoms with Crippen molar-refractivity contribution in [2.45, 2.75) is 55.8 Å². The van der Waals surface area contributed by atoms with E-state index >= 15 is 0 Å². The van der Waals surface area contributed by atoms with Gasteiger partial charge in [0.15, 0.2) is 0 Å². The van der Waals surface area contributed by atoms with Crippen molar-refractivity contribution < 1.29 is 20.4 Å². The summed E-state index contributed by atoms with van der Waals surface area (Å²) in [5.74, 6) is 0.740. The Morgan fingerprint density at radius 2 is 1.65 bits per heavy atom. The zero-order valence-corrected chi connectivity index (χ0v) is 10.0. The third-order valence-electron chi connectivity index (χ3n) is 5.34. The van der Waals surface area contributed by atoms with Gasteiger partial charge >= 0.3 is 0 Å². The van der Waals surface area contributed by atoms with Gasteiger partial charge in [-0.1, -0.05) is 0 Å². The fourth-order valence-electron chi connectivity index (χ4n) is 4.81. The second-order valence-electron chi connectivity index (χ2n) is 6.60. The molecule has 4 aliphatic rings. The maximum Gasteiger partial charge on any atom is 0.0798 e. The molecule has 0 aromatic rings. The molecule has 4 rings (SSSR count). The van der Waals surface area contributed by atoms with Crippen LogP contribution in [0.3, 0.4) is 0 Å². The fraction of sp³-hybridized carbons (Fsp3) is 1.00.